The molecule has 1 fully saturated rings. The smallest absolute Gasteiger partial charge is 0.314 e. The predicted octanol–water partition coefficient (Wildman–Crippen LogP) is 3.29. The molecule has 1 unspecified atom stereocenters. The van der Waals surface area contributed by atoms with Crippen molar-refractivity contribution in [2.75, 3.05) is 14.1 Å². The van der Waals surface area contributed by atoms with Gasteiger partial charge in [0, 0.05) is 43.8 Å². The highest BCUT2D eigenvalue weighted by Crippen LogP contribution is 2.42. The number of phenols is 1. The highest BCUT2D eigenvalue weighted by Gasteiger charge is 2.34. The molecule has 1 saturated carbocycles. The first-order valence-corrected chi connectivity index (χ1v) is 10.9. The van der Waals surface area contributed by atoms with E-state index in [1.165, 1.54) is 4.90 Å². The van der Waals surface area contributed by atoms with E-state index in [0.717, 1.165) is 18.7 Å². The van der Waals surface area contributed by atoms with Crippen molar-refractivity contribution in [3.63, 3.8) is 0 Å². The molecule has 2 N–H and O–H groups in total. The van der Waals surface area contributed by atoms with Crippen LogP contribution < -0.4 is 0 Å². The largest absolute Gasteiger partial charge is 0.505 e. The van der Waals surface area contributed by atoms with Crippen molar-refractivity contribution in [2.45, 2.75) is 32.1 Å². The van der Waals surface area contributed by atoms with Crippen LogP contribution in [0.5, 0.6) is 5.75 Å². The molecule has 172 valence electrons. The van der Waals surface area contributed by atoms with Crippen LogP contribution in [0, 0.1) is 12.8 Å². The molecule has 1 aromatic heterocycles. The minimum Gasteiger partial charge on any atom is -0.505 e. The molecule has 0 aliphatic heterocycles. The first-order valence-electron chi connectivity index (χ1n) is 10.9. The fourth-order valence-corrected chi connectivity index (χ4v) is 4.24. The predicted molar refractivity (Wildman–Crippen MR) is 123 cm³/mol. The molecule has 3 aromatic rings. The van der Waals surface area contributed by atoms with Gasteiger partial charge in [0.2, 0.25) is 0 Å². The summed E-state index contributed by atoms with van der Waals surface area (Å²) in [5.41, 5.74) is 2.17. The number of hydrogen-bond donors (Lipinski definition) is 2. The second-order valence-electron chi connectivity index (χ2n) is 8.90. The number of hydrogen-bond acceptors (Lipinski definition) is 5. The topological polar surface area (TPSA) is 113 Å². The molecule has 1 atom stereocenters. The summed E-state index contributed by atoms with van der Waals surface area (Å²) in [5, 5.41) is 21.1. The number of nitrogens with zero attached hydrogens (tertiary/aromatic N) is 3. The SMILES string of the molecule is Cc1ccccc1C(=O)C(Cc1c(C(=O)N(C)C)cc2c(nc(C3CC3)n2C)c1O)C(=O)O. The number of carboxylic acids is 1. The van der Waals surface area contributed by atoms with Crippen LogP contribution in [-0.4, -0.2) is 56.4 Å². The van der Waals surface area contributed by atoms with Crippen molar-refractivity contribution in [3.05, 3.63) is 58.4 Å². The Hall–Kier alpha value is -3.68. The average Bonchev–Trinajstić information content (AvgIpc) is 3.55. The molecule has 4 rings (SSSR count). The van der Waals surface area contributed by atoms with Crippen LogP contribution in [0.1, 0.15) is 56.4 Å². The van der Waals surface area contributed by atoms with E-state index in [2.05, 4.69) is 4.98 Å². The van der Waals surface area contributed by atoms with E-state index >= 15 is 0 Å². The number of phenolic OH excluding ortho intramolecular Hbond substituents is 1. The number of imidazole rings is 1. The number of aryl methyl sites for hydroxylation is 2. The monoisotopic (exact) mass is 449 g/mol. The normalized spacial score (nSPS) is 14.3. The van der Waals surface area contributed by atoms with Crippen LogP contribution in [0.2, 0.25) is 0 Å². The third-order valence-corrected chi connectivity index (χ3v) is 6.30. The van der Waals surface area contributed by atoms with Gasteiger partial charge in [-0.2, -0.15) is 0 Å². The second kappa shape index (κ2) is 8.35. The molecule has 0 saturated heterocycles. The quantitative estimate of drug-likeness (QED) is 0.423. The maximum Gasteiger partial charge on any atom is 0.314 e. The summed E-state index contributed by atoms with van der Waals surface area (Å²) in [6.45, 7) is 1.74. The Kier molecular flexibility index (Phi) is 5.69. The van der Waals surface area contributed by atoms with Crippen LogP contribution in [0.3, 0.4) is 0 Å². The molecular weight excluding hydrogens is 422 g/mol. The van der Waals surface area contributed by atoms with Gasteiger partial charge in [-0.3, -0.25) is 14.4 Å². The van der Waals surface area contributed by atoms with Gasteiger partial charge in [-0.1, -0.05) is 24.3 Å². The molecule has 1 amide bonds. The standard InChI is InChI=1S/C25H27N3O5/c1-13-7-5-6-8-15(13)21(29)18(25(32)33)11-16-17(24(31)27(2)3)12-19-20(22(16)30)26-23(28(19)4)14-9-10-14/h5-8,12,14,18,30H,9-11H2,1-4H3,(H,32,33). The Balaban J connectivity index is 1.87. The van der Waals surface area contributed by atoms with Crippen molar-refractivity contribution in [3.8, 4) is 5.75 Å². The van der Waals surface area contributed by atoms with Crippen molar-refractivity contribution in [1.29, 1.82) is 0 Å². The fourth-order valence-electron chi connectivity index (χ4n) is 4.24. The number of benzene rings is 2. The van der Waals surface area contributed by atoms with E-state index in [4.69, 9.17) is 0 Å². The zero-order chi connectivity index (χ0) is 24.0. The number of amides is 1. The van der Waals surface area contributed by atoms with E-state index < -0.39 is 17.7 Å². The lowest BCUT2D eigenvalue weighted by Crippen LogP contribution is -2.29. The number of carbonyl (C=O) groups is 3. The highest BCUT2D eigenvalue weighted by atomic mass is 16.4. The number of ketones is 1. The first kappa shape index (κ1) is 22.5. The Morgan fingerprint density at radius 1 is 1.18 bits per heavy atom. The van der Waals surface area contributed by atoms with Crippen LogP contribution in [0.4, 0.5) is 0 Å². The van der Waals surface area contributed by atoms with Gasteiger partial charge >= 0.3 is 5.97 Å². The van der Waals surface area contributed by atoms with Crippen LogP contribution >= 0.6 is 0 Å². The molecule has 1 heterocycles. The molecule has 8 nitrogen and oxygen atoms in total. The van der Waals surface area contributed by atoms with Crippen LogP contribution in [0.15, 0.2) is 30.3 Å². The van der Waals surface area contributed by atoms with Crippen molar-refractivity contribution in [2.24, 2.45) is 13.0 Å². The van der Waals surface area contributed by atoms with Crippen LogP contribution in [-0.2, 0) is 18.3 Å². The number of rotatable bonds is 7. The zero-order valence-corrected chi connectivity index (χ0v) is 19.1. The lowest BCUT2D eigenvalue weighted by atomic mass is 9.87. The van der Waals surface area contributed by atoms with E-state index in [0.29, 0.717) is 28.1 Å². The van der Waals surface area contributed by atoms with Gasteiger partial charge in [-0.25, -0.2) is 4.98 Å². The van der Waals surface area contributed by atoms with Gasteiger partial charge < -0.3 is 19.7 Å². The van der Waals surface area contributed by atoms with Gasteiger partial charge in [0.05, 0.1) is 5.52 Å². The Morgan fingerprint density at radius 2 is 1.85 bits per heavy atom. The zero-order valence-electron chi connectivity index (χ0n) is 19.1. The molecular formula is C25H27N3O5. The minimum atomic E-state index is -1.46. The molecule has 1 aliphatic carbocycles. The van der Waals surface area contributed by atoms with Gasteiger partial charge in [-0.15, -0.1) is 0 Å². The Morgan fingerprint density at radius 3 is 2.42 bits per heavy atom. The maximum atomic E-state index is 13.2. The van der Waals surface area contributed by atoms with E-state index in [9.17, 15) is 24.6 Å². The van der Waals surface area contributed by atoms with Gasteiger partial charge in [-0.05, 0) is 37.8 Å². The minimum absolute atomic E-state index is 0.121. The van der Waals surface area contributed by atoms with Gasteiger partial charge in [0.15, 0.2) is 5.78 Å². The number of aliphatic carboxylic acids is 1. The number of fused-ring (bicyclic) bond motifs is 1. The summed E-state index contributed by atoms with van der Waals surface area (Å²) in [4.78, 5) is 44.3. The fraction of sp³-hybridized carbons (Fsp3) is 0.360. The first-order chi connectivity index (χ1) is 15.6. The highest BCUT2D eigenvalue weighted by molar-refractivity contribution is 6.10. The molecule has 1 aliphatic rings. The molecule has 0 bridgehead atoms. The lowest BCUT2D eigenvalue weighted by Gasteiger charge is -2.19. The third kappa shape index (κ3) is 3.97. The Labute approximate surface area is 191 Å². The van der Waals surface area contributed by atoms with Crippen molar-refractivity contribution >= 4 is 28.7 Å². The second-order valence-corrected chi connectivity index (χ2v) is 8.90. The van der Waals surface area contributed by atoms with E-state index in [1.54, 1.807) is 51.4 Å². The summed E-state index contributed by atoms with van der Waals surface area (Å²) < 4.78 is 1.87. The molecule has 0 spiro atoms. The van der Waals surface area contributed by atoms with E-state index in [-0.39, 0.29) is 29.2 Å². The molecule has 0 radical (unpaired) electrons. The third-order valence-electron chi connectivity index (χ3n) is 6.30. The van der Waals surface area contributed by atoms with E-state index in [1.807, 2.05) is 11.6 Å². The number of aromatic hydroxyl groups is 1. The summed E-state index contributed by atoms with van der Waals surface area (Å²) in [7, 11) is 5.01. The summed E-state index contributed by atoms with van der Waals surface area (Å²) in [6.07, 6.45) is 1.70. The number of aromatic nitrogens is 2. The Bertz CT molecular complexity index is 1290. The van der Waals surface area contributed by atoms with Crippen molar-refractivity contribution in [1.82, 2.24) is 14.5 Å². The van der Waals surface area contributed by atoms with Gasteiger partial charge in [0.25, 0.3) is 5.91 Å². The summed E-state index contributed by atoms with van der Waals surface area (Å²) in [6, 6.07) is 8.42. The number of carboxylic acid groups (broad SMARTS) is 1. The van der Waals surface area contributed by atoms with Crippen molar-refractivity contribution < 1.29 is 24.6 Å². The summed E-state index contributed by atoms with van der Waals surface area (Å²) in [5.74, 6) is -2.84. The molecule has 33 heavy (non-hydrogen) atoms. The number of carbonyl (C=O) groups excluding carboxylic acids is 2. The van der Waals surface area contributed by atoms with Gasteiger partial charge in [0.1, 0.15) is 23.0 Å². The molecule has 2 aromatic carbocycles. The van der Waals surface area contributed by atoms with Crippen LogP contribution in [0.25, 0.3) is 11.0 Å². The summed E-state index contributed by atoms with van der Waals surface area (Å²) >= 11 is 0. The maximum absolute atomic E-state index is 13.2. The average molecular weight is 450 g/mol. The lowest BCUT2D eigenvalue weighted by molar-refractivity contribution is -0.139. The number of Topliss-reactive ketones (excluding diaryl/α,β-unsaturated/α-hetero) is 1. The molecule has 8 heteroatoms.